The summed E-state index contributed by atoms with van der Waals surface area (Å²) in [6.07, 6.45) is 0.738. The standard InChI is InChI=1S/C15H10F2O2/c16-10-4-5-11(13(17)8-10)14(18)12-3-1-2-9-6-7-19-15(9)12/h1-5,8H,6-7H2. The maximum atomic E-state index is 13.6. The highest BCUT2D eigenvalue weighted by molar-refractivity contribution is 6.11. The molecule has 0 fully saturated rings. The Labute approximate surface area is 108 Å². The Bertz CT molecular complexity index is 665. The monoisotopic (exact) mass is 260 g/mol. The summed E-state index contributed by atoms with van der Waals surface area (Å²) in [5.74, 6) is -1.54. The van der Waals surface area contributed by atoms with E-state index in [1.807, 2.05) is 6.07 Å². The molecule has 0 aliphatic carbocycles. The molecule has 0 radical (unpaired) electrons. The van der Waals surface area contributed by atoms with Gasteiger partial charge in [-0.25, -0.2) is 8.78 Å². The van der Waals surface area contributed by atoms with Crippen LogP contribution in [0.4, 0.5) is 8.78 Å². The van der Waals surface area contributed by atoms with E-state index < -0.39 is 17.4 Å². The van der Waals surface area contributed by atoms with Gasteiger partial charge in [0.05, 0.1) is 17.7 Å². The van der Waals surface area contributed by atoms with Crippen molar-refractivity contribution < 1.29 is 18.3 Å². The second-order valence-corrected chi connectivity index (χ2v) is 4.35. The Kier molecular flexibility index (Phi) is 2.78. The van der Waals surface area contributed by atoms with Crippen LogP contribution < -0.4 is 4.74 Å². The maximum absolute atomic E-state index is 13.6. The van der Waals surface area contributed by atoms with E-state index in [-0.39, 0.29) is 5.56 Å². The predicted molar refractivity (Wildman–Crippen MR) is 65.4 cm³/mol. The van der Waals surface area contributed by atoms with Crippen LogP contribution in [-0.4, -0.2) is 12.4 Å². The van der Waals surface area contributed by atoms with E-state index in [1.54, 1.807) is 12.1 Å². The van der Waals surface area contributed by atoms with Crippen LogP contribution in [0, 0.1) is 11.6 Å². The van der Waals surface area contributed by atoms with E-state index in [1.165, 1.54) is 0 Å². The first-order valence-electron chi connectivity index (χ1n) is 5.91. The van der Waals surface area contributed by atoms with E-state index in [2.05, 4.69) is 0 Å². The van der Waals surface area contributed by atoms with Gasteiger partial charge in [0, 0.05) is 12.5 Å². The largest absolute Gasteiger partial charge is 0.492 e. The van der Waals surface area contributed by atoms with Gasteiger partial charge in [-0.2, -0.15) is 0 Å². The molecule has 1 aliphatic heterocycles. The lowest BCUT2D eigenvalue weighted by Crippen LogP contribution is -2.06. The number of carbonyl (C=O) groups is 1. The van der Waals surface area contributed by atoms with Crippen LogP contribution in [-0.2, 0) is 6.42 Å². The highest BCUT2D eigenvalue weighted by Crippen LogP contribution is 2.31. The summed E-state index contributed by atoms with van der Waals surface area (Å²) in [6.45, 7) is 0.519. The normalized spacial score (nSPS) is 12.9. The van der Waals surface area contributed by atoms with E-state index >= 15 is 0 Å². The van der Waals surface area contributed by atoms with Gasteiger partial charge in [-0.05, 0) is 23.8 Å². The first kappa shape index (κ1) is 11.8. The molecule has 19 heavy (non-hydrogen) atoms. The third kappa shape index (κ3) is 1.99. The van der Waals surface area contributed by atoms with Gasteiger partial charge in [0.25, 0.3) is 0 Å². The van der Waals surface area contributed by atoms with E-state index in [0.29, 0.717) is 24.0 Å². The number of benzene rings is 2. The lowest BCUT2D eigenvalue weighted by atomic mass is 9.99. The second-order valence-electron chi connectivity index (χ2n) is 4.35. The number of rotatable bonds is 2. The van der Waals surface area contributed by atoms with Gasteiger partial charge in [0.2, 0.25) is 0 Å². The quantitative estimate of drug-likeness (QED) is 0.775. The molecule has 4 heteroatoms. The van der Waals surface area contributed by atoms with Crippen LogP contribution in [0.3, 0.4) is 0 Å². The van der Waals surface area contributed by atoms with E-state index in [9.17, 15) is 13.6 Å². The highest BCUT2D eigenvalue weighted by atomic mass is 19.1. The van der Waals surface area contributed by atoms with Crippen molar-refractivity contribution in [2.24, 2.45) is 0 Å². The molecule has 3 rings (SSSR count). The van der Waals surface area contributed by atoms with Crippen molar-refractivity contribution in [1.82, 2.24) is 0 Å². The van der Waals surface area contributed by atoms with E-state index in [4.69, 9.17) is 4.74 Å². The van der Waals surface area contributed by atoms with Crippen LogP contribution in [0.2, 0.25) is 0 Å². The molecule has 0 atom stereocenters. The SMILES string of the molecule is O=C(c1ccc(F)cc1F)c1cccc2c1OCC2. The van der Waals surface area contributed by atoms with Gasteiger partial charge in [-0.1, -0.05) is 12.1 Å². The Hall–Kier alpha value is -2.23. The van der Waals surface area contributed by atoms with Crippen LogP contribution >= 0.6 is 0 Å². The minimum atomic E-state index is -0.861. The zero-order valence-corrected chi connectivity index (χ0v) is 9.95. The van der Waals surface area contributed by atoms with Crippen LogP contribution in [0.25, 0.3) is 0 Å². The zero-order valence-electron chi connectivity index (χ0n) is 9.95. The van der Waals surface area contributed by atoms with Crippen molar-refractivity contribution in [3.05, 3.63) is 64.7 Å². The molecular weight excluding hydrogens is 250 g/mol. The molecule has 0 aromatic heterocycles. The number of hydrogen-bond donors (Lipinski definition) is 0. The van der Waals surface area contributed by atoms with Gasteiger partial charge in [0.1, 0.15) is 17.4 Å². The van der Waals surface area contributed by atoms with Crippen molar-refractivity contribution >= 4 is 5.78 Å². The van der Waals surface area contributed by atoms with Crippen molar-refractivity contribution in [3.8, 4) is 5.75 Å². The molecule has 2 aromatic carbocycles. The summed E-state index contributed by atoms with van der Waals surface area (Å²) in [6, 6.07) is 8.14. The Morgan fingerprint density at radius 1 is 1.11 bits per heavy atom. The summed E-state index contributed by atoms with van der Waals surface area (Å²) >= 11 is 0. The Balaban J connectivity index is 2.08. The van der Waals surface area contributed by atoms with Gasteiger partial charge in [-0.15, -0.1) is 0 Å². The molecule has 0 bridgehead atoms. The first-order valence-corrected chi connectivity index (χ1v) is 5.91. The minimum Gasteiger partial charge on any atom is -0.492 e. The summed E-state index contributed by atoms with van der Waals surface area (Å²) in [5.41, 5.74) is 1.11. The number of para-hydroxylation sites is 1. The Morgan fingerprint density at radius 2 is 1.95 bits per heavy atom. The van der Waals surface area contributed by atoms with Gasteiger partial charge >= 0.3 is 0 Å². The van der Waals surface area contributed by atoms with Crippen LogP contribution in [0.15, 0.2) is 36.4 Å². The maximum Gasteiger partial charge on any atom is 0.199 e. The third-order valence-corrected chi connectivity index (χ3v) is 3.13. The topological polar surface area (TPSA) is 26.3 Å². The summed E-state index contributed by atoms with van der Waals surface area (Å²) in [4.78, 5) is 12.3. The molecule has 1 heterocycles. The smallest absolute Gasteiger partial charge is 0.199 e. The molecule has 96 valence electrons. The summed E-state index contributed by atoms with van der Waals surface area (Å²) < 4.78 is 31.9. The van der Waals surface area contributed by atoms with Crippen molar-refractivity contribution in [1.29, 1.82) is 0 Å². The number of carbonyl (C=O) groups excluding carboxylic acids is 1. The molecular formula is C15H10F2O2. The Morgan fingerprint density at radius 3 is 2.74 bits per heavy atom. The van der Waals surface area contributed by atoms with Crippen LogP contribution in [0.1, 0.15) is 21.5 Å². The fraction of sp³-hybridized carbons (Fsp3) is 0.133. The lowest BCUT2D eigenvalue weighted by Gasteiger charge is -2.07. The van der Waals surface area contributed by atoms with Gasteiger partial charge < -0.3 is 4.74 Å². The highest BCUT2D eigenvalue weighted by Gasteiger charge is 2.23. The summed E-state index contributed by atoms with van der Waals surface area (Å²) in [5, 5.41) is 0. The second kappa shape index (κ2) is 4.46. The number of halogens is 2. The fourth-order valence-electron chi connectivity index (χ4n) is 2.21. The number of hydrogen-bond acceptors (Lipinski definition) is 2. The molecule has 2 nitrogen and oxygen atoms in total. The molecule has 0 amide bonds. The molecule has 0 saturated carbocycles. The molecule has 1 aliphatic rings. The van der Waals surface area contributed by atoms with Crippen molar-refractivity contribution in [2.75, 3.05) is 6.61 Å². The molecule has 0 spiro atoms. The van der Waals surface area contributed by atoms with Crippen molar-refractivity contribution in [2.45, 2.75) is 6.42 Å². The fourth-order valence-corrected chi connectivity index (χ4v) is 2.21. The molecule has 0 saturated heterocycles. The minimum absolute atomic E-state index is 0.148. The van der Waals surface area contributed by atoms with E-state index in [0.717, 1.165) is 24.1 Å². The van der Waals surface area contributed by atoms with Crippen LogP contribution in [0.5, 0.6) is 5.75 Å². The van der Waals surface area contributed by atoms with Gasteiger partial charge in [0.15, 0.2) is 5.78 Å². The zero-order chi connectivity index (χ0) is 13.4. The third-order valence-electron chi connectivity index (χ3n) is 3.13. The predicted octanol–water partition coefficient (Wildman–Crippen LogP) is 3.13. The lowest BCUT2D eigenvalue weighted by molar-refractivity contribution is 0.103. The summed E-state index contributed by atoms with van der Waals surface area (Å²) in [7, 11) is 0. The average Bonchev–Trinajstić information content (AvgIpc) is 2.86. The molecule has 0 unspecified atom stereocenters. The number of ether oxygens (including phenoxy) is 1. The number of ketones is 1. The van der Waals surface area contributed by atoms with Crippen molar-refractivity contribution in [3.63, 3.8) is 0 Å². The van der Waals surface area contributed by atoms with Gasteiger partial charge in [-0.3, -0.25) is 4.79 Å². The molecule has 0 N–H and O–H groups in total. The first-order chi connectivity index (χ1) is 9.16. The number of fused-ring (bicyclic) bond motifs is 1. The molecule has 2 aromatic rings. The average molecular weight is 260 g/mol.